The number of anilines is 2. The summed E-state index contributed by atoms with van der Waals surface area (Å²) < 4.78 is 11.9. The average Bonchev–Trinajstić information content (AvgIpc) is 3.41. The van der Waals surface area contributed by atoms with E-state index in [1.165, 1.54) is 11.7 Å². The van der Waals surface area contributed by atoms with Crippen LogP contribution in [0.25, 0.3) is 11.2 Å². The second kappa shape index (κ2) is 16.0. The quantitative estimate of drug-likeness (QED) is 0.141. The molecule has 1 aliphatic heterocycles. The fourth-order valence-corrected chi connectivity index (χ4v) is 5.40. The number of H-pyrrole nitrogens is 1. The van der Waals surface area contributed by atoms with Crippen molar-refractivity contribution in [3.8, 4) is 6.01 Å². The molecule has 0 radical (unpaired) electrons. The number of fused-ring (bicyclic) bond motifs is 1. The smallest absolute Gasteiger partial charge is 0.327 e. The van der Waals surface area contributed by atoms with Crippen LogP contribution in [0.15, 0.2) is 47.5 Å². The Hall–Kier alpha value is -5.05. The molecule has 1 saturated heterocycles. The van der Waals surface area contributed by atoms with Crippen molar-refractivity contribution >= 4 is 34.8 Å². The molecule has 250 valence electrons. The first-order valence-corrected chi connectivity index (χ1v) is 15.9. The summed E-state index contributed by atoms with van der Waals surface area (Å²) in [6.07, 6.45) is 5.93. The van der Waals surface area contributed by atoms with E-state index in [4.69, 9.17) is 15.2 Å². The number of carbonyl (C=O) groups is 2. The number of esters is 1. The van der Waals surface area contributed by atoms with Crippen LogP contribution in [0.5, 0.6) is 6.01 Å². The van der Waals surface area contributed by atoms with Gasteiger partial charge in [-0.05, 0) is 30.0 Å². The molecule has 15 nitrogen and oxygen atoms in total. The third-order valence-electron chi connectivity index (χ3n) is 8.06. The van der Waals surface area contributed by atoms with E-state index in [0.717, 1.165) is 37.1 Å². The van der Waals surface area contributed by atoms with Crippen molar-refractivity contribution in [2.45, 2.75) is 45.7 Å². The molecule has 15 heteroatoms. The summed E-state index contributed by atoms with van der Waals surface area (Å²) in [6.45, 7) is 6.70. The van der Waals surface area contributed by atoms with Gasteiger partial charge in [0.05, 0.1) is 26.7 Å². The summed E-state index contributed by atoms with van der Waals surface area (Å²) in [5.74, 6) is 0.504. The van der Waals surface area contributed by atoms with E-state index in [1.807, 2.05) is 29.2 Å². The van der Waals surface area contributed by atoms with Crippen molar-refractivity contribution in [2.24, 2.45) is 0 Å². The Balaban J connectivity index is 1.26. The summed E-state index contributed by atoms with van der Waals surface area (Å²) in [4.78, 5) is 64.5. The summed E-state index contributed by atoms with van der Waals surface area (Å²) in [7, 11) is 1.36. The highest BCUT2D eigenvalue weighted by atomic mass is 16.5. The van der Waals surface area contributed by atoms with Crippen molar-refractivity contribution in [3.05, 3.63) is 64.3 Å². The van der Waals surface area contributed by atoms with Gasteiger partial charge in [0.15, 0.2) is 11.5 Å². The number of aromatic amines is 1. The maximum atomic E-state index is 13.8. The molecule has 0 aliphatic carbocycles. The highest BCUT2D eigenvalue weighted by Crippen LogP contribution is 2.19. The van der Waals surface area contributed by atoms with Gasteiger partial charge >= 0.3 is 17.7 Å². The predicted octanol–water partition coefficient (Wildman–Crippen LogP) is 1.63. The number of aryl methyl sites for hydroxylation is 1. The third-order valence-corrected chi connectivity index (χ3v) is 8.06. The SMILES string of the molecule is CCCCOc1nc(N)c2[nH]c(=O)n(CCCN(Cc3ccc(CC(=O)OC)cc3)C(=O)CN3CCN(c4ncccn4)CC3)c2n1. The molecule has 5 rings (SSSR count). The summed E-state index contributed by atoms with van der Waals surface area (Å²) >= 11 is 0. The van der Waals surface area contributed by atoms with E-state index in [0.29, 0.717) is 62.9 Å². The molecular formula is C32H42N10O5. The Morgan fingerprint density at radius 3 is 2.45 bits per heavy atom. The molecule has 1 aliphatic rings. The number of imidazole rings is 1. The molecule has 0 spiro atoms. The molecule has 47 heavy (non-hydrogen) atoms. The number of ether oxygens (including phenoxy) is 2. The van der Waals surface area contributed by atoms with Crippen molar-refractivity contribution in [3.63, 3.8) is 0 Å². The van der Waals surface area contributed by atoms with Gasteiger partial charge in [-0.15, -0.1) is 0 Å². The standard InChI is InChI=1S/C32H42N10O5/c1-3-4-19-47-31-37-28(33)27-29(38-31)42(32(45)36-27)14-6-13-41(21-24-9-7-23(8-10-24)20-26(44)46-2)25(43)22-39-15-17-40(18-16-39)30-34-11-5-12-35-30/h5,7-12H,3-4,6,13-22H2,1-2H3,(H,36,45)(H2,33,37,38). The Labute approximate surface area is 272 Å². The zero-order chi connectivity index (χ0) is 33.2. The number of benzene rings is 1. The zero-order valence-corrected chi connectivity index (χ0v) is 26.9. The van der Waals surface area contributed by atoms with Crippen LogP contribution in [0.1, 0.15) is 37.3 Å². The minimum absolute atomic E-state index is 0.0162. The molecule has 4 aromatic rings. The van der Waals surface area contributed by atoms with E-state index in [1.54, 1.807) is 18.5 Å². The van der Waals surface area contributed by atoms with Crippen LogP contribution >= 0.6 is 0 Å². The van der Waals surface area contributed by atoms with Crippen molar-refractivity contribution in [2.75, 3.05) is 63.6 Å². The van der Waals surface area contributed by atoms with E-state index >= 15 is 0 Å². The highest BCUT2D eigenvalue weighted by molar-refractivity contribution is 5.82. The van der Waals surface area contributed by atoms with Crippen LogP contribution in [-0.2, 0) is 33.8 Å². The fourth-order valence-electron chi connectivity index (χ4n) is 5.40. The van der Waals surface area contributed by atoms with Gasteiger partial charge < -0.3 is 30.0 Å². The lowest BCUT2D eigenvalue weighted by molar-refractivity contribution is -0.139. The van der Waals surface area contributed by atoms with E-state index in [9.17, 15) is 14.4 Å². The second-order valence-corrected chi connectivity index (χ2v) is 11.4. The van der Waals surface area contributed by atoms with Crippen LogP contribution in [-0.4, -0.2) is 104 Å². The van der Waals surface area contributed by atoms with Gasteiger partial charge in [-0.2, -0.15) is 9.97 Å². The number of methoxy groups -OCH3 is 1. The predicted molar refractivity (Wildman–Crippen MR) is 176 cm³/mol. The van der Waals surface area contributed by atoms with Crippen LogP contribution in [0.2, 0.25) is 0 Å². The summed E-state index contributed by atoms with van der Waals surface area (Å²) in [6, 6.07) is 9.49. The largest absolute Gasteiger partial charge is 0.469 e. The normalized spacial score (nSPS) is 13.5. The first-order valence-electron chi connectivity index (χ1n) is 15.9. The number of nitrogen functional groups attached to an aromatic ring is 1. The molecule has 0 saturated carbocycles. The Morgan fingerprint density at radius 2 is 1.74 bits per heavy atom. The van der Waals surface area contributed by atoms with Crippen LogP contribution in [0, 0.1) is 0 Å². The van der Waals surface area contributed by atoms with Crippen molar-refractivity contribution in [1.29, 1.82) is 0 Å². The molecule has 4 heterocycles. The third kappa shape index (κ3) is 8.82. The van der Waals surface area contributed by atoms with E-state index in [2.05, 4.69) is 41.6 Å². The van der Waals surface area contributed by atoms with Gasteiger partial charge in [0.2, 0.25) is 11.9 Å². The van der Waals surface area contributed by atoms with Gasteiger partial charge in [0.25, 0.3) is 0 Å². The number of unbranched alkanes of at least 4 members (excludes halogenated alkanes) is 1. The molecule has 1 fully saturated rings. The number of nitrogens with one attached hydrogen (secondary N) is 1. The number of nitrogens with two attached hydrogens (primary N) is 1. The first kappa shape index (κ1) is 33.3. The number of hydrogen-bond donors (Lipinski definition) is 2. The van der Waals surface area contributed by atoms with Gasteiger partial charge in [-0.1, -0.05) is 37.6 Å². The number of nitrogens with zero attached hydrogens (tertiary/aromatic N) is 8. The van der Waals surface area contributed by atoms with Gasteiger partial charge in [0, 0.05) is 58.2 Å². The topological polar surface area (TPSA) is 178 Å². The van der Waals surface area contributed by atoms with Crippen LogP contribution in [0.3, 0.4) is 0 Å². The van der Waals surface area contributed by atoms with E-state index < -0.39 is 0 Å². The van der Waals surface area contributed by atoms with Crippen LogP contribution in [0.4, 0.5) is 11.8 Å². The van der Waals surface area contributed by atoms with Gasteiger partial charge in [-0.3, -0.25) is 19.1 Å². The van der Waals surface area contributed by atoms with Gasteiger partial charge in [-0.25, -0.2) is 14.8 Å². The summed E-state index contributed by atoms with van der Waals surface area (Å²) in [5.41, 5.74) is 8.24. The minimum atomic E-state index is -0.356. The zero-order valence-electron chi connectivity index (χ0n) is 26.9. The monoisotopic (exact) mass is 646 g/mol. The summed E-state index contributed by atoms with van der Waals surface area (Å²) in [5, 5.41) is 0. The number of rotatable bonds is 15. The number of carbonyl (C=O) groups excluding carboxylic acids is 2. The molecule has 3 aromatic heterocycles. The van der Waals surface area contributed by atoms with E-state index in [-0.39, 0.29) is 42.4 Å². The Morgan fingerprint density at radius 1 is 1.02 bits per heavy atom. The lowest BCUT2D eigenvalue weighted by Gasteiger charge is -2.35. The average molecular weight is 647 g/mol. The molecule has 1 aromatic carbocycles. The molecular weight excluding hydrogens is 604 g/mol. The fraction of sp³-hybridized carbons (Fsp3) is 0.469. The first-order chi connectivity index (χ1) is 22.8. The van der Waals surface area contributed by atoms with Crippen LogP contribution < -0.4 is 21.1 Å². The number of piperazine rings is 1. The highest BCUT2D eigenvalue weighted by Gasteiger charge is 2.24. The molecule has 3 N–H and O–H groups in total. The Kier molecular flexibility index (Phi) is 11.3. The lowest BCUT2D eigenvalue weighted by atomic mass is 10.1. The van der Waals surface area contributed by atoms with Crippen molar-refractivity contribution in [1.82, 2.24) is 39.3 Å². The number of aromatic nitrogens is 6. The minimum Gasteiger partial charge on any atom is -0.469 e. The maximum Gasteiger partial charge on any atom is 0.327 e. The van der Waals surface area contributed by atoms with Crippen molar-refractivity contribution < 1.29 is 19.1 Å². The Bertz CT molecular complexity index is 1680. The molecule has 1 amide bonds. The molecule has 0 bridgehead atoms. The maximum absolute atomic E-state index is 13.8. The number of amides is 1. The van der Waals surface area contributed by atoms with Gasteiger partial charge in [0.1, 0.15) is 5.52 Å². The molecule has 0 unspecified atom stereocenters. The molecule has 0 atom stereocenters. The second-order valence-electron chi connectivity index (χ2n) is 11.4. The lowest BCUT2D eigenvalue weighted by Crippen LogP contribution is -2.50. The number of hydrogen-bond acceptors (Lipinski definition) is 12.